The molecular formula is C24H23ClN2O2. The van der Waals surface area contributed by atoms with Crippen molar-refractivity contribution in [3.8, 4) is 0 Å². The second-order valence-corrected chi connectivity index (χ2v) is 7.19. The van der Waals surface area contributed by atoms with Crippen LogP contribution in [-0.4, -0.2) is 24.4 Å². The first-order valence-corrected chi connectivity index (χ1v) is 9.91. The van der Waals surface area contributed by atoms with Gasteiger partial charge in [-0.05, 0) is 41.8 Å². The van der Waals surface area contributed by atoms with E-state index >= 15 is 0 Å². The molecule has 3 rings (SSSR count). The van der Waals surface area contributed by atoms with E-state index < -0.39 is 6.04 Å². The number of carbonyl (C=O) groups is 2. The number of rotatable bonds is 8. The zero-order valence-corrected chi connectivity index (χ0v) is 16.7. The molecule has 3 aromatic carbocycles. The summed E-state index contributed by atoms with van der Waals surface area (Å²) in [6, 6.07) is 25.5. The summed E-state index contributed by atoms with van der Waals surface area (Å²) in [5.74, 6) is -0.507. The summed E-state index contributed by atoms with van der Waals surface area (Å²) in [5, 5.41) is 6.35. The van der Waals surface area contributed by atoms with Gasteiger partial charge in [-0.3, -0.25) is 9.59 Å². The summed E-state index contributed by atoms with van der Waals surface area (Å²) in [6.07, 6.45) is 1.15. The van der Waals surface area contributed by atoms with Crippen LogP contribution in [0.1, 0.15) is 21.5 Å². The topological polar surface area (TPSA) is 58.2 Å². The van der Waals surface area contributed by atoms with E-state index in [0.717, 1.165) is 17.5 Å². The van der Waals surface area contributed by atoms with Gasteiger partial charge in [-0.25, -0.2) is 0 Å². The third-order valence-corrected chi connectivity index (χ3v) is 4.82. The molecule has 2 N–H and O–H groups in total. The van der Waals surface area contributed by atoms with Gasteiger partial charge in [0.05, 0.1) is 0 Å². The average Bonchev–Trinajstić information content (AvgIpc) is 2.75. The molecule has 0 saturated heterocycles. The van der Waals surface area contributed by atoms with Crippen molar-refractivity contribution >= 4 is 23.4 Å². The van der Waals surface area contributed by atoms with Crippen molar-refractivity contribution in [2.24, 2.45) is 0 Å². The maximum absolute atomic E-state index is 12.8. The Balaban J connectivity index is 1.65. The van der Waals surface area contributed by atoms with Crippen molar-refractivity contribution in [2.75, 3.05) is 6.54 Å². The van der Waals surface area contributed by atoms with Gasteiger partial charge in [0.2, 0.25) is 5.91 Å². The van der Waals surface area contributed by atoms with E-state index in [1.54, 1.807) is 24.3 Å². The third kappa shape index (κ3) is 6.47. The van der Waals surface area contributed by atoms with E-state index in [4.69, 9.17) is 11.6 Å². The molecule has 0 aromatic heterocycles. The minimum absolute atomic E-state index is 0.202. The molecule has 0 unspecified atom stereocenters. The quantitative estimate of drug-likeness (QED) is 0.593. The fourth-order valence-electron chi connectivity index (χ4n) is 3.00. The number of carbonyl (C=O) groups excluding carboxylic acids is 2. The lowest BCUT2D eigenvalue weighted by atomic mass is 10.0. The molecule has 0 saturated carbocycles. The first-order valence-electron chi connectivity index (χ1n) is 9.54. The number of hydrogen-bond acceptors (Lipinski definition) is 2. The molecule has 3 aromatic rings. The number of nitrogens with one attached hydrogen (secondary N) is 2. The summed E-state index contributed by atoms with van der Waals surface area (Å²) in [5.41, 5.74) is 2.59. The Hall–Kier alpha value is -3.11. The maximum atomic E-state index is 12.8. The molecule has 1 atom stereocenters. The predicted octanol–water partition coefficient (Wildman–Crippen LogP) is 4.04. The summed E-state index contributed by atoms with van der Waals surface area (Å²) < 4.78 is 0. The van der Waals surface area contributed by atoms with Crippen LogP contribution in [0.5, 0.6) is 0 Å². The van der Waals surface area contributed by atoms with Crippen LogP contribution >= 0.6 is 11.6 Å². The maximum Gasteiger partial charge on any atom is 0.251 e. The van der Waals surface area contributed by atoms with Gasteiger partial charge in [0, 0.05) is 23.6 Å². The molecule has 5 heteroatoms. The van der Waals surface area contributed by atoms with Crippen LogP contribution in [-0.2, 0) is 17.6 Å². The van der Waals surface area contributed by atoms with Crippen LogP contribution in [0.3, 0.4) is 0 Å². The lowest BCUT2D eigenvalue weighted by Gasteiger charge is -2.19. The third-order valence-electron chi connectivity index (χ3n) is 4.57. The molecular weight excluding hydrogens is 384 g/mol. The summed E-state index contributed by atoms with van der Waals surface area (Å²) >= 11 is 5.89. The van der Waals surface area contributed by atoms with Crippen LogP contribution in [0.25, 0.3) is 0 Å². The highest BCUT2D eigenvalue weighted by Gasteiger charge is 2.21. The van der Waals surface area contributed by atoms with Crippen molar-refractivity contribution in [2.45, 2.75) is 18.9 Å². The molecule has 0 aliphatic carbocycles. The molecule has 0 heterocycles. The molecule has 148 valence electrons. The minimum Gasteiger partial charge on any atom is -0.354 e. The standard InChI is InChI=1S/C24H23ClN2O2/c25-21-13-11-20(12-14-21)23(28)27-22(17-19-9-5-2-6-10-19)24(29)26-16-15-18-7-3-1-4-8-18/h1-14,22H,15-17H2,(H,26,29)(H,27,28)/t22-/m1/s1. The van der Waals surface area contributed by atoms with Crippen LogP contribution < -0.4 is 10.6 Å². The predicted molar refractivity (Wildman–Crippen MR) is 116 cm³/mol. The van der Waals surface area contributed by atoms with Gasteiger partial charge in [0.25, 0.3) is 5.91 Å². The SMILES string of the molecule is O=C(N[C@H](Cc1ccccc1)C(=O)NCCc1ccccc1)c1ccc(Cl)cc1. The highest BCUT2D eigenvalue weighted by molar-refractivity contribution is 6.30. The van der Waals surface area contributed by atoms with E-state index in [1.165, 1.54) is 0 Å². The molecule has 0 fully saturated rings. The van der Waals surface area contributed by atoms with E-state index in [0.29, 0.717) is 23.6 Å². The number of benzene rings is 3. The smallest absolute Gasteiger partial charge is 0.251 e. The highest BCUT2D eigenvalue weighted by atomic mass is 35.5. The lowest BCUT2D eigenvalue weighted by Crippen LogP contribution is -2.48. The van der Waals surface area contributed by atoms with Crippen LogP contribution in [0, 0.1) is 0 Å². The van der Waals surface area contributed by atoms with Gasteiger partial charge in [-0.1, -0.05) is 72.3 Å². The van der Waals surface area contributed by atoms with Gasteiger partial charge in [-0.2, -0.15) is 0 Å². The zero-order valence-electron chi connectivity index (χ0n) is 16.0. The number of amides is 2. The van der Waals surface area contributed by atoms with E-state index in [-0.39, 0.29) is 11.8 Å². The van der Waals surface area contributed by atoms with E-state index in [1.807, 2.05) is 60.7 Å². The van der Waals surface area contributed by atoms with Crippen molar-refractivity contribution in [3.05, 3.63) is 107 Å². The van der Waals surface area contributed by atoms with Gasteiger partial charge in [-0.15, -0.1) is 0 Å². The van der Waals surface area contributed by atoms with Gasteiger partial charge < -0.3 is 10.6 Å². The number of hydrogen-bond donors (Lipinski definition) is 2. The van der Waals surface area contributed by atoms with Crippen LogP contribution in [0.15, 0.2) is 84.9 Å². The van der Waals surface area contributed by atoms with Crippen LogP contribution in [0.4, 0.5) is 0 Å². The average molecular weight is 407 g/mol. The monoisotopic (exact) mass is 406 g/mol. The van der Waals surface area contributed by atoms with E-state index in [9.17, 15) is 9.59 Å². The van der Waals surface area contributed by atoms with Gasteiger partial charge in [0.1, 0.15) is 6.04 Å². The lowest BCUT2D eigenvalue weighted by molar-refractivity contribution is -0.122. The second-order valence-electron chi connectivity index (χ2n) is 6.75. The molecule has 0 radical (unpaired) electrons. The molecule has 4 nitrogen and oxygen atoms in total. The summed E-state index contributed by atoms with van der Waals surface area (Å²) in [4.78, 5) is 25.4. The first-order chi connectivity index (χ1) is 14.1. The van der Waals surface area contributed by atoms with Crippen molar-refractivity contribution in [1.82, 2.24) is 10.6 Å². The highest BCUT2D eigenvalue weighted by Crippen LogP contribution is 2.10. The summed E-state index contributed by atoms with van der Waals surface area (Å²) in [6.45, 7) is 0.505. The van der Waals surface area contributed by atoms with Crippen molar-refractivity contribution in [3.63, 3.8) is 0 Å². The van der Waals surface area contributed by atoms with Crippen molar-refractivity contribution < 1.29 is 9.59 Å². The Kier molecular flexibility index (Phi) is 7.42. The Morgan fingerprint density at radius 1 is 0.793 bits per heavy atom. The molecule has 0 aliphatic rings. The Labute approximate surface area is 175 Å². The van der Waals surface area contributed by atoms with Crippen molar-refractivity contribution in [1.29, 1.82) is 0 Å². The number of halogens is 1. The Morgan fingerprint density at radius 2 is 1.38 bits per heavy atom. The normalized spacial score (nSPS) is 11.5. The zero-order chi connectivity index (χ0) is 20.5. The molecule has 0 spiro atoms. The fraction of sp³-hybridized carbons (Fsp3) is 0.167. The fourth-order valence-corrected chi connectivity index (χ4v) is 3.13. The minimum atomic E-state index is -0.670. The second kappa shape index (κ2) is 10.4. The van der Waals surface area contributed by atoms with Crippen LogP contribution in [0.2, 0.25) is 5.02 Å². The largest absolute Gasteiger partial charge is 0.354 e. The molecule has 0 bridgehead atoms. The first kappa shape index (κ1) is 20.6. The molecule has 2 amide bonds. The van der Waals surface area contributed by atoms with Gasteiger partial charge >= 0.3 is 0 Å². The Morgan fingerprint density at radius 3 is 2.00 bits per heavy atom. The summed E-state index contributed by atoms with van der Waals surface area (Å²) in [7, 11) is 0. The molecule has 0 aliphatic heterocycles. The Bertz CT molecular complexity index is 928. The van der Waals surface area contributed by atoms with E-state index in [2.05, 4.69) is 10.6 Å². The van der Waals surface area contributed by atoms with Gasteiger partial charge in [0.15, 0.2) is 0 Å². The molecule has 29 heavy (non-hydrogen) atoms.